The van der Waals surface area contributed by atoms with Crippen molar-refractivity contribution in [2.24, 2.45) is 0 Å². The van der Waals surface area contributed by atoms with Crippen molar-refractivity contribution in [1.29, 1.82) is 0 Å². The van der Waals surface area contributed by atoms with Crippen molar-refractivity contribution >= 4 is 17.7 Å². The molecule has 5 nitrogen and oxygen atoms in total. The summed E-state index contributed by atoms with van der Waals surface area (Å²) < 4.78 is 9.70. The Morgan fingerprint density at radius 3 is 2.60 bits per heavy atom. The summed E-state index contributed by atoms with van der Waals surface area (Å²) in [6, 6.07) is 9.42. The standard InChI is InChI=1S/C14H14N2O3S/c1-18-11-5-3-10(4-6-11)12-7-8-15-14(16-12)20-9-13(17)19-2/h3-8H,9H2,1-2H3. The van der Waals surface area contributed by atoms with E-state index in [0.29, 0.717) is 5.16 Å². The van der Waals surface area contributed by atoms with Gasteiger partial charge in [0.2, 0.25) is 0 Å². The van der Waals surface area contributed by atoms with Crippen LogP contribution in [0.2, 0.25) is 0 Å². The Morgan fingerprint density at radius 2 is 1.95 bits per heavy atom. The summed E-state index contributed by atoms with van der Waals surface area (Å²) in [5.41, 5.74) is 1.77. The average molecular weight is 290 g/mol. The minimum Gasteiger partial charge on any atom is -0.497 e. The summed E-state index contributed by atoms with van der Waals surface area (Å²) >= 11 is 1.25. The van der Waals surface area contributed by atoms with Gasteiger partial charge in [-0.15, -0.1) is 0 Å². The Labute approximate surface area is 121 Å². The lowest BCUT2D eigenvalue weighted by Crippen LogP contribution is -2.03. The fourth-order valence-electron chi connectivity index (χ4n) is 1.52. The number of thioether (sulfide) groups is 1. The smallest absolute Gasteiger partial charge is 0.316 e. The second-order valence-electron chi connectivity index (χ2n) is 3.82. The van der Waals surface area contributed by atoms with E-state index in [-0.39, 0.29) is 11.7 Å². The molecule has 0 radical (unpaired) electrons. The minimum atomic E-state index is -0.298. The summed E-state index contributed by atoms with van der Waals surface area (Å²) in [6.07, 6.45) is 1.67. The van der Waals surface area contributed by atoms with E-state index < -0.39 is 0 Å². The first-order chi connectivity index (χ1) is 9.72. The van der Waals surface area contributed by atoms with Crippen molar-refractivity contribution in [2.45, 2.75) is 5.16 Å². The second kappa shape index (κ2) is 6.91. The number of nitrogens with zero attached hydrogens (tertiary/aromatic N) is 2. The molecule has 104 valence electrons. The number of carbonyl (C=O) groups is 1. The van der Waals surface area contributed by atoms with Crippen LogP contribution < -0.4 is 4.74 Å². The molecular formula is C14H14N2O3S. The fourth-order valence-corrected chi connectivity index (χ4v) is 2.18. The van der Waals surface area contributed by atoms with Crippen molar-refractivity contribution in [2.75, 3.05) is 20.0 Å². The van der Waals surface area contributed by atoms with Crippen LogP contribution in [0.1, 0.15) is 0 Å². The maximum atomic E-state index is 11.1. The molecule has 20 heavy (non-hydrogen) atoms. The van der Waals surface area contributed by atoms with Crippen LogP contribution in [0, 0.1) is 0 Å². The van der Waals surface area contributed by atoms with Gasteiger partial charge >= 0.3 is 5.97 Å². The fraction of sp³-hybridized carbons (Fsp3) is 0.214. The third-order valence-electron chi connectivity index (χ3n) is 2.57. The number of ether oxygens (including phenoxy) is 2. The normalized spacial score (nSPS) is 10.1. The Hall–Kier alpha value is -2.08. The molecule has 0 saturated carbocycles. The molecule has 6 heteroatoms. The number of esters is 1. The van der Waals surface area contributed by atoms with Crippen LogP contribution >= 0.6 is 11.8 Å². The predicted molar refractivity (Wildman–Crippen MR) is 76.8 cm³/mol. The summed E-state index contributed by atoms with van der Waals surface area (Å²) in [4.78, 5) is 19.6. The molecule has 0 aliphatic rings. The number of methoxy groups -OCH3 is 2. The minimum absolute atomic E-state index is 0.197. The van der Waals surface area contributed by atoms with Gasteiger partial charge in [0.25, 0.3) is 0 Å². The number of hydrogen-bond acceptors (Lipinski definition) is 6. The van der Waals surface area contributed by atoms with Crippen molar-refractivity contribution in [3.8, 4) is 17.0 Å². The van der Waals surface area contributed by atoms with E-state index in [1.165, 1.54) is 18.9 Å². The molecule has 0 bridgehead atoms. The highest BCUT2D eigenvalue weighted by molar-refractivity contribution is 7.99. The van der Waals surface area contributed by atoms with Crippen molar-refractivity contribution in [3.63, 3.8) is 0 Å². The van der Waals surface area contributed by atoms with Crippen LogP contribution in [0.4, 0.5) is 0 Å². The van der Waals surface area contributed by atoms with Gasteiger partial charge in [0.05, 0.1) is 25.7 Å². The highest BCUT2D eigenvalue weighted by atomic mass is 32.2. The van der Waals surface area contributed by atoms with Gasteiger partial charge in [-0.3, -0.25) is 4.79 Å². The Morgan fingerprint density at radius 1 is 1.20 bits per heavy atom. The van der Waals surface area contributed by atoms with Gasteiger partial charge in [-0.2, -0.15) is 0 Å². The predicted octanol–water partition coefficient (Wildman–Crippen LogP) is 2.42. The van der Waals surface area contributed by atoms with Crippen LogP contribution in [0.15, 0.2) is 41.7 Å². The summed E-state index contributed by atoms with van der Waals surface area (Å²) in [5.74, 6) is 0.694. The maximum Gasteiger partial charge on any atom is 0.316 e. The Kier molecular flexibility index (Phi) is 4.95. The molecule has 0 N–H and O–H groups in total. The monoisotopic (exact) mass is 290 g/mol. The lowest BCUT2D eigenvalue weighted by Gasteiger charge is -2.04. The van der Waals surface area contributed by atoms with Gasteiger partial charge in [0.15, 0.2) is 5.16 Å². The molecule has 0 amide bonds. The molecule has 0 unspecified atom stereocenters. The number of benzene rings is 1. The lowest BCUT2D eigenvalue weighted by atomic mass is 10.1. The maximum absolute atomic E-state index is 11.1. The SMILES string of the molecule is COC(=O)CSc1nccc(-c2ccc(OC)cc2)n1. The first-order valence-corrected chi connectivity index (χ1v) is 6.88. The molecule has 0 saturated heterocycles. The Balaban J connectivity index is 2.13. The zero-order valence-electron chi connectivity index (χ0n) is 11.2. The molecule has 2 rings (SSSR count). The van der Waals surface area contributed by atoms with E-state index in [4.69, 9.17) is 4.74 Å². The zero-order chi connectivity index (χ0) is 14.4. The topological polar surface area (TPSA) is 61.3 Å². The highest BCUT2D eigenvalue weighted by Crippen LogP contribution is 2.22. The van der Waals surface area contributed by atoms with E-state index in [1.54, 1.807) is 13.3 Å². The molecule has 0 spiro atoms. The first kappa shape index (κ1) is 14.3. The molecule has 1 heterocycles. The van der Waals surface area contributed by atoms with E-state index in [9.17, 15) is 4.79 Å². The van der Waals surface area contributed by atoms with Crippen LogP contribution in [-0.2, 0) is 9.53 Å². The van der Waals surface area contributed by atoms with Gasteiger partial charge in [-0.25, -0.2) is 9.97 Å². The highest BCUT2D eigenvalue weighted by Gasteiger charge is 2.06. The number of carbonyl (C=O) groups excluding carboxylic acids is 1. The molecule has 0 atom stereocenters. The van der Waals surface area contributed by atoms with Crippen LogP contribution in [0.3, 0.4) is 0 Å². The van der Waals surface area contributed by atoms with Crippen LogP contribution in [-0.4, -0.2) is 35.9 Å². The zero-order valence-corrected chi connectivity index (χ0v) is 12.0. The van der Waals surface area contributed by atoms with E-state index >= 15 is 0 Å². The van der Waals surface area contributed by atoms with Gasteiger partial charge in [-0.1, -0.05) is 11.8 Å². The third-order valence-corrected chi connectivity index (χ3v) is 3.40. The van der Waals surface area contributed by atoms with Crippen LogP contribution in [0.25, 0.3) is 11.3 Å². The lowest BCUT2D eigenvalue weighted by molar-refractivity contribution is -0.137. The molecule has 0 aliphatic carbocycles. The quantitative estimate of drug-likeness (QED) is 0.479. The molecule has 1 aromatic carbocycles. The third kappa shape index (κ3) is 3.71. The van der Waals surface area contributed by atoms with Crippen molar-refractivity contribution in [3.05, 3.63) is 36.5 Å². The van der Waals surface area contributed by atoms with Gasteiger partial charge < -0.3 is 9.47 Å². The van der Waals surface area contributed by atoms with Gasteiger partial charge in [0, 0.05) is 11.8 Å². The number of hydrogen-bond donors (Lipinski definition) is 0. The number of rotatable bonds is 5. The number of aromatic nitrogens is 2. The summed E-state index contributed by atoms with van der Waals surface area (Å²) in [6.45, 7) is 0. The molecule has 0 aliphatic heterocycles. The summed E-state index contributed by atoms with van der Waals surface area (Å²) in [5, 5.41) is 0.545. The molecule has 0 fully saturated rings. The Bertz CT molecular complexity index is 587. The van der Waals surface area contributed by atoms with Crippen molar-refractivity contribution < 1.29 is 14.3 Å². The average Bonchev–Trinajstić information content (AvgIpc) is 2.53. The largest absolute Gasteiger partial charge is 0.497 e. The first-order valence-electron chi connectivity index (χ1n) is 5.90. The molecule has 2 aromatic rings. The van der Waals surface area contributed by atoms with Crippen molar-refractivity contribution in [1.82, 2.24) is 9.97 Å². The molecular weight excluding hydrogens is 276 g/mol. The van der Waals surface area contributed by atoms with Crippen LogP contribution in [0.5, 0.6) is 5.75 Å². The van der Waals surface area contributed by atoms with E-state index in [0.717, 1.165) is 17.0 Å². The van der Waals surface area contributed by atoms with E-state index in [2.05, 4.69) is 14.7 Å². The second-order valence-corrected chi connectivity index (χ2v) is 4.76. The van der Waals surface area contributed by atoms with Gasteiger partial charge in [-0.05, 0) is 30.3 Å². The van der Waals surface area contributed by atoms with Gasteiger partial charge in [0.1, 0.15) is 5.75 Å². The molecule has 1 aromatic heterocycles. The van der Waals surface area contributed by atoms with E-state index in [1.807, 2.05) is 30.3 Å². The summed E-state index contributed by atoms with van der Waals surface area (Å²) in [7, 11) is 2.98.